The van der Waals surface area contributed by atoms with E-state index in [0.717, 1.165) is 11.3 Å². The number of carbonyl (C=O) groups excluding carboxylic acids is 1. The number of aromatic carboxylic acids is 1. The summed E-state index contributed by atoms with van der Waals surface area (Å²) in [4.78, 5) is 25.3. The molecule has 1 N–H and O–H groups in total. The van der Waals surface area contributed by atoms with Crippen LogP contribution in [0.15, 0.2) is 77.2 Å². The van der Waals surface area contributed by atoms with Gasteiger partial charge in [-0.15, -0.1) is 0 Å². The van der Waals surface area contributed by atoms with Crippen LogP contribution >= 0.6 is 0 Å². The fourth-order valence-electron chi connectivity index (χ4n) is 2.69. The normalized spacial score (nSPS) is 11.7. The predicted octanol–water partition coefficient (Wildman–Crippen LogP) is 3.46. The van der Waals surface area contributed by atoms with E-state index in [2.05, 4.69) is 0 Å². The molecule has 0 aliphatic carbocycles. The molecule has 144 valence electrons. The van der Waals surface area contributed by atoms with Crippen LogP contribution in [0.1, 0.15) is 21.9 Å². The first-order valence-electron chi connectivity index (χ1n) is 8.59. The quantitative estimate of drug-likeness (QED) is 0.629. The van der Waals surface area contributed by atoms with Gasteiger partial charge in [-0.1, -0.05) is 48.5 Å². The smallest absolute Gasteiger partial charge is 0.371 e. The third kappa shape index (κ3) is 5.17. The second-order valence-corrected chi connectivity index (χ2v) is 7.56. The van der Waals surface area contributed by atoms with Crippen molar-refractivity contribution in [3.63, 3.8) is 0 Å². The highest BCUT2D eigenvalue weighted by atomic mass is 32.2. The van der Waals surface area contributed by atoms with Crippen LogP contribution in [0.5, 0.6) is 0 Å². The third-order valence-corrected chi connectivity index (χ3v) is 5.19. The van der Waals surface area contributed by atoms with Crippen molar-refractivity contribution in [1.29, 1.82) is 0 Å². The summed E-state index contributed by atoms with van der Waals surface area (Å²) < 4.78 is 17.6. The lowest BCUT2D eigenvalue weighted by atomic mass is 10.2. The minimum atomic E-state index is -1.53. The lowest BCUT2D eigenvalue weighted by molar-refractivity contribution is -0.116. The molecule has 28 heavy (non-hydrogen) atoms. The minimum absolute atomic E-state index is 0.0208. The van der Waals surface area contributed by atoms with E-state index in [1.807, 2.05) is 60.7 Å². The molecule has 3 rings (SSSR count). The fraction of sp³-hybridized carbons (Fsp3) is 0.143. The molecular formula is C21H19NO5S. The Bertz CT molecular complexity index is 969. The molecule has 1 heterocycles. The topological polar surface area (TPSA) is 87.8 Å². The van der Waals surface area contributed by atoms with E-state index in [4.69, 9.17) is 9.52 Å². The van der Waals surface area contributed by atoms with Crippen molar-refractivity contribution >= 4 is 28.4 Å². The summed E-state index contributed by atoms with van der Waals surface area (Å²) in [5.41, 5.74) is 1.68. The summed E-state index contributed by atoms with van der Waals surface area (Å²) in [7, 11) is -1.53. The van der Waals surface area contributed by atoms with Crippen molar-refractivity contribution in [3.8, 4) is 0 Å². The van der Waals surface area contributed by atoms with E-state index in [9.17, 15) is 13.8 Å². The molecule has 6 nitrogen and oxygen atoms in total. The molecule has 0 bridgehead atoms. The highest BCUT2D eigenvalue weighted by Gasteiger charge is 2.20. The molecule has 0 radical (unpaired) electrons. The summed E-state index contributed by atoms with van der Waals surface area (Å²) >= 11 is 0. The largest absolute Gasteiger partial charge is 0.475 e. The van der Waals surface area contributed by atoms with Crippen LogP contribution in [0.25, 0.3) is 0 Å². The van der Waals surface area contributed by atoms with Gasteiger partial charge in [-0.3, -0.25) is 9.00 Å². The zero-order valence-electron chi connectivity index (χ0n) is 15.0. The summed E-state index contributed by atoms with van der Waals surface area (Å²) in [6.45, 7) is 0.366. The third-order valence-electron chi connectivity index (χ3n) is 4.01. The maximum atomic E-state index is 12.9. The molecule has 0 aliphatic heterocycles. The van der Waals surface area contributed by atoms with Crippen molar-refractivity contribution in [2.45, 2.75) is 12.3 Å². The highest BCUT2D eigenvalue weighted by molar-refractivity contribution is 7.84. The molecule has 1 unspecified atom stereocenters. The molecule has 0 fully saturated rings. The molecule has 0 saturated heterocycles. The Morgan fingerprint density at radius 2 is 1.57 bits per heavy atom. The molecular weight excluding hydrogens is 378 g/mol. The number of rotatable bonds is 8. The Morgan fingerprint density at radius 1 is 0.929 bits per heavy atom. The Hall–Kier alpha value is -3.19. The monoisotopic (exact) mass is 397 g/mol. The molecule has 0 spiro atoms. The van der Waals surface area contributed by atoms with Crippen molar-refractivity contribution in [2.24, 2.45) is 0 Å². The first-order chi connectivity index (χ1) is 13.5. The lowest BCUT2D eigenvalue weighted by Crippen LogP contribution is -2.34. The Morgan fingerprint density at radius 3 is 2.18 bits per heavy atom. The number of hydrogen-bond acceptors (Lipinski definition) is 4. The summed E-state index contributed by atoms with van der Waals surface area (Å²) in [6.07, 6.45) is 0. The average Bonchev–Trinajstić information content (AvgIpc) is 3.16. The van der Waals surface area contributed by atoms with Gasteiger partial charge in [-0.25, -0.2) is 4.79 Å². The summed E-state index contributed by atoms with van der Waals surface area (Å²) in [5, 5.41) is 8.89. The number of para-hydroxylation sites is 1. The van der Waals surface area contributed by atoms with Crippen LogP contribution in [0.3, 0.4) is 0 Å². The molecule has 0 saturated carbocycles. The Balaban J connectivity index is 1.71. The van der Waals surface area contributed by atoms with Gasteiger partial charge in [0.05, 0.1) is 12.3 Å². The fourth-order valence-corrected chi connectivity index (χ4v) is 3.70. The number of nitrogens with zero attached hydrogens (tertiary/aromatic N) is 1. The molecule has 3 aromatic rings. The van der Waals surface area contributed by atoms with Gasteiger partial charge >= 0.3 is 5.97 Å². The Kier molecular flexibility index (Phi) is 6.39. The highest BCUT2D eigenvalue weighted by Crippen LogP contribution is 2.18. The molecule has 0 aliphatic rings. The number of carboxylic acid groups (broad SMARTS) is 1. The van der Waals surface area contributed by atoms with Gasteiger partial charge in [0.15, 0.2) is 0 Å². The minimum Gasteiger partial charge on any atom is -0.475 e. The van der Waals surface area contributed by atoms with Gasteiger partial charge in [-0.05, 0) is 29.8 Å². The second kappa shape index (κ2) is 9.14. The van der Waals surface area contributed by atoms with Crippen molar-refractivity contribution in [2.75, 3.05) is 10.7 Å². The number of anilines is 1. The molecule has 1 aromatic heterocycles. The number of carbonyl (C=O) groups is 2. The average molecular weight is 397 g/mol. The van der Waals surface area contributed by atoms with Crippen molar-refractivity contribution < 1.29 is 23.3 Å². The van der Waals surface area contributed by atoms with Gasteiger partial charge < -0.3 is 14.4 Å². The molecule has 1 amide bonds. The van der Waals surface area contributed by atoms with Gasteiger partial charge in [0.1, 0.15) is 11.5 Å². The summed E-state index contributed by atoms with van der Waals surface area (Å²) in [5.74, 6) is -1.62. The predicted molar refractivity (Wildman–Crippen MR) is 106 cm³/mol. The van der Waals surface area contributed by atoms with Crippen LogP contribution in [-0.2, 0) is 27.9 Å². The van der Waals surface area contributed by atoms with Crippen LogP contribution < -0.4 is 4.90 Å². The number of carboxylic acids is 1. The van der Waals surface area contributed by atoms with E-state index >= 15 is 0 Å². The van der Waals surface area contributed by atoms with E-state index in [-0.39, 0.29) is 28.9 Å². The summed E-state index contributed by atoms with van der Waals surface area (Å²) in [6, 6.07) is 21.5. The van der Waals surface area contributed by atoms with E-state index in [1.54, 1.807) is 4.90 Å². The Labute approximate surface area is 164 Å². The van der Waals surface area contributed by atoms with E-state index < -0.39 is 16.8 Å². The molecule has 2 aromatic carbocycles. The maximum Gasteiger partial charge on any atom is 0.371 e. The van der Waals surface area contributed by atoms with Crippen LogP contribution in [-0.4, -0.2) is 26.9 Å². The number of furan rings is 1. The lowest BCUT2D eigenvalue weighted by Gasteiger charge is -2.23. The van der Waals surface area contributed by atoms with Gasteiger partial charge in [0.2, 0.25) is 11.7 Å². The van der Waals surface area contributed by atoms with E-state index in [1.165, 1.54) is 12.1 Å². The van der Waals surface area contributed by atoms with Gasteiger partial charge in [-0.2, -0.15) is 0 Å². The number of amides is 1. The van der Waals surface area contributed by atoms with Crippen LogP contribution in [0, 0.1) is 0 Å². The second-order valence-electron chi connectivity index (χ2n) is 6.10. The van der Waals surface area contributed by atoms with Gasteiger partial charge in [0, 0.05) is 16.5 Å². The van der Waals surface area contributed by atoms with Crippen LogP contribution in [0.4, 0.5) is 5.69 Å². The molecule has 7 heteroatoms. The van der Waals surface area contributed by atoms with Gasteiger partial charge in [0.25, 0.3) is 0 Å². The maximum absolute atomic E-state index is 12.9. The van der Waals surface area contributed by atoms with Crippen molar-refractivity contribution in [1.82, 2.24) is 0 Å². The SMILES string of the molecule is O=C(O)c1ccc(CS(=O)CC(=O)N(Cc2ccccc2)c2ccccc2)o1. The zero-order chi connectivity index (χ0) is 19.9. The number of benzene rings is 2. The number of hydrogen-bond donors (Lipinski definition) is 1. The first-order valence-corrected chi connectivity index (χ1v) is 10.1. The molecule has 1 atom stereocenters. The van der Waals surface area contributed by atoms with E-state index in [0.29, 0.717) is 6.54 Å². The van der Waals surface area contributed by atoms with Crippen molar-refractivity contribution in [3.05, 3.63) is 89.9 Å². The van der Waals surface area contributed by atoms with Crippen LogP contribution in [0.2, 0.25) is 0 Å². The zero-order valence-corrected chi connectivity index (χ0v) is 15.8. The standard InChI is InChI=1S/C21H19NO5S/c23-20(15-28(26)14-18-11-12-19(27-18)21(24)25)22(17-9-5-2-6-10-17)13-16-7-3-1-4-8-16/h1-12H,13-15H2,(H,24,25). The first kappa shape index (κ1) is 19.6.